The van der Waals surface area contributed by atoms with E-state index in [2.05, 4.69) is 16.3 Å². The zero-order valence-corrected chi connectivity index (χ0v) is 11.2. The second kappa shape index (κ2) is 6.10. The van der Waals surface area contributed by atoms with Gasteiger partial charge in [-0.1, -0.05) is 13.8 Å². The fourth-order valence-corrected chi connectivity index (χ4v) is 1.82. The van der Waals surface area contributed by atoms with Crippen LogP contribution in [0, 0.1) is 12.3 Å². The lowest BCUT2D eigenvalue weighted by Crippen LogP contribution is -2.35. The number of nitrogens with zero attached hydrogens (tertiary/aromatic N) is 2. The standard InChI is InChI=1S/C13H20N4O/c1-5-8-9(6-2)15-13(18)12-11(14)10(7-3)16-17(12)4/h1,9H,6-8,14H2,2-4H3,(H,15,18). The maximum absolute atomic E-state index is 12.1. The summed E-state index contributed by atoms with van der Waals surface area (Å²) in [5, 5.41) is 7.10. The molecule has 1 rings (SSSR count). The number of carbonyl (C=O) groups excluding carboxylic acids is 1. The Morgan fingerprint density at radius 1 is 1.61 bits per heavy atom. The highest BCUT2D eigenvalue weighted by molar-refractivity contribution is 5.98. The molecule has 1 amide bonds. The Hall–Kier alpha value is -1.96. The number of aryl methyl sites for hydroxylation is 2. The molecule has 18 heavy (non-hydrogen) atoms. The van der Waals surface area contributed by atoms with Crippen molar-refractivity contribution in [2.45, 2.75) is 39.2 Å². The smallest absolute Gasteiger partial charge is 0.271 e. The number of nitrogen functional groups attached to an aromatic ring is 1. The molecule has 0 aliphatic carbocycles. The van der Waals surface area contributed by atoms with E-state index in [1.54, 1.807) is 7.05 Å². The Balaban J connectivity index is 2.91. The largest absolute Gasteiger partial charge is 0.395 e. The Morgan fingerprint density at radius 2 is 2.28 bits per heavy atom. The van der Waals surface area contributed by atoms with Crippen LogP contribution in [0.5, 0.6) is 0 Å². The Morgan fingerprint density at radius 3 is 2.72 bits per heavy atom. The summed E-state index contributed by atoms with van der Waals surface area (Å²) >= 11 is 0. The number of amides is 1. The normalized spacial score (nSPS) is 11.9. The second-order valence-corrected chi connectivity index (χ2v) is 4.17. The lowest BCUT2D eigenvalue weighted by Gasteiger charge is -2.14. The predicted molar refractivity (Wildman–Crippen MR) is 72.0 cm³/mol. The third-order valence-corrected chi connectivity index (χ3v) is 2.90. The first kappa shape index (κ1) is 14.1. The molecule has 0 saturated heterocycles. The van der Waals surface area contributed by atoms with Crippen LogP contribution in [-0.4, -0.2) is 21.7 Å². The van der Waals surface area contributed by atoms with Crippen LogP contribution in [-0.2, 0) is 13.5 Å². The molecule has 0 bridgehead atoms. The van der Waals surface area contributed by atoms with Gasteiger partial charge in [0.15, 0.2) is 0 Å². The molecule has 5 nitrogen and oxygen atoms in total. The summed E-state index contributed by atoms with van der Waals surface area (Å²) in [6.45, 7) is 3.93. The van der Waals surface area contributed by atoms with Gasteiger partial charge in [0.2, 0.25) is 0 Å². The van der Waals surface area contributed by atoms with Crippen LogP contribution in [0.4, 0.5) is 5.69 Å². The van der Waals surface area contributed by atoms with Gasteiger partial charge in [-0.05, 0) is 12.8 Å². The maximum Gasteiger partial charge on any atom is 0.271 e. The third kappa shape index (κ3) is 2.83. The van der Waals surface area contributed by atoms with E-state index in [4.69, 9.17) is 12.2 Å². The van der Waals surface area contributed by atoms with Crippen LogP contribution in [0.3, 0.4) is 0 Å². The summed E-state index contributed by atoms with van der Waals surface area (Å²) in [5.41, 5.74) is 7.52. The topological polar surface area (TPSA) is 72.9 Å². The Bertz CT molecular complexity index is 470. The number of terminal acetylenes is 1. The molecule has 0 aliphatic rings. The lowest BCUT2D eigenvalue weighted by atomic mass is 10.1. The highest BCUT2D eigenvalue weighted by Gasteiger charge is 2.20. The molecule has 0 fully saturated rings. The van der Waals surface area contributed by atoms with Crippen molar-refractivity contribution in [1.82, 2.24) is 15.1 Å². The molecule has 1 aromatic heterocycles. The third-order valence-electron chi connectivity index (χ3n) is 2.90. The van der Waals surface area contributed by atoms with Crippen molar-refractivity contribution in [3.63, 3.8) is 0 Å². The SMILES string of the molecule is C#CCC(CC)NC(=O)c1c(N)c(CC)nn1C. The van der Waals surface area contributed by atoms with Gasteiger partial charge in [0.05, 0.1) is 11.4 Å². The van der Waals surface area contributed by atoms with Gasteiger partial charge in [0, 0.05) is 19.5 Å². The molecule has 0 aliphatic heterocycles. The Kier molecular flexibility index (Phi) is 4.78. The van der Waals surface area contributed by atoms with Crippen molar-refractivity contribution in [2.75, 3.05) is 5.73 Å². The van der Waals surface area contributed by atoms with Gasteiger partial charge in [-0.2, -0.15) is 5.10 Å². The molecule has 5 heteroatoms. The van der Waals surface area contributed by atoms with Crippen molar-refractivity contribution in [1.29, 1.82) is 0 Å². The first-order valence-electron chi connectivity index (χ1n) is 6.10. The summed E-state index contributed by atoms with van der Waals surface area (Å²) < 4.78 is 1.52. The quantitative estimate of drug-likeness (QED) is 0.766. The number of anilines is 1. The molecule has 0 saturated carbocycles. The van der Waals surface area contributed by atoms with E-state index >= 15 is 0 Å². The summed E-state index contributed by atoms with van der Waals surface area (Å²) in [7, 11) is 1.71. The second-order valence-electron chi connectivity index (χ2n) is 4.17. The summed E-state index contributed by atoms with van der Waals surface area (Å²) in [6.07, 6.45) is 7.26. The summed E-state index contributed by atoms with van der Waals surface area (Å²) in [5.74, 6) is 2.33. The predicted octanol–water partition coefficient (Wildman–Crippen LogP) is 1.10. The minimum Gasteiger partial charge on any atom is -0.395 e. The fourth-order valence-electron chi connectivity index (χ4n) is 1.82. The van der Waals surface area contributed by atoms with Crippen LogP contribution >= 0.6 is 0 Å². The van der Waals surface area contributed by atoms with Crippen LogP contribution in [0.15, 0.2) is 0 Å². The van der Waals surface area contributed by atoms with Crippen molar-refractivity contribution >= 4 is 11.6 Å². The van der Waals surface area contributed by atoms with Crippen LogP contribution < -0.4 is 11.1 Å². The van der Waals surface area contributed by atoms with E-state index in [0.29, 0.717) is 24.2 Å². The first-order valence-corrected chi connectivity index (χ1v) is 6.10. The van der Waals surface area contributed by atoms with Crippen LogP contribution in [0.25, 0.3) is 0 Å². The minimum absolute atomic E-state index is 0.0260. The number of nitrogens with one attached hydrogen (secondary N) is 1. The van der Waals surface area contributed by atoms with Crippen molar-refractivity contribution in [3.05, 3.63) is 11.4 Å². The molecular formula is C13H20N4O. The highest BCUT2D eigenvalue weighted by Crippen LogP contribution is 2.17. The highest BCUT2D eigenvalue weighted by atomic mass is 16.2. The van der Waals surface area contributed by atoms with Crippen LogP contribution in [0.2, 0.25) is 0 Å². The molecule has 98 valence electrons. The van der Waals surface area contributed by atoms with Gasteiger partial charge < -0.3 is 11.1 Å². The number of hydrogen-bond donors (Lipinski definition) is 2. The van der Waals surface area contributed by atoms with Gasteiger partial charge in [-0.3, -0.25) is 9.48 Å². The van der Waals surface area contributed by atoms with E-state index < -0.39 is 0 Å². The zero-order chi connectivity index (χ0) is 13.7. The molecule has 0 aromatic carbocycles. The van der Waals surface area contributed by atoms with E-state index in [9.17, 15) is 4.79 Å². The zero-order valence-electron chi connectivity index (χ0n) is 11.2. The van der Waals surface area contributed by atoms with Gasteiger partial charge in [0.25, 0.3) is 5.91 Å². The molecule has 3 N–H and O–H groups in total. The molecule has 1 heterocycles. The average Bonchev–Trinajstić information content (AvgIpc) is 2.63. The van der Waals surface area contributed by atoms with Crippen molar-refractivity contribution in [2.24, 2.45) is 7.05 Å². The first-order chi connectivity index (χ1) is 8.54. The molecule has 0 radical (unpaired) electrons. The minimum atomic E-state index is -0.218. The van der Waals surface area contributed by atoms with Gasteiger partial charge in [-0.25, -0.2) is 0 Å². The number of rotatable bonds is 5. The number of hydrogen-bond acceptors (Lipinski definition) is 3. The van der Waals surface area contributed by atoms with Gasteiger partial charge >= 0.3 is 0 Å². The summed E-state index contributed by atoms with van der Waals surface area (Å²) in [4.78, 5) is 12.1. The number of carbonyl (C=O) groups is 1. The van der Waals surface area contributed by atoms with Gasteiger partial charge in [0.1, 0.15) is 5.69 Å². The van der Waals surface area contributed by atoms with Crippen molar-refractivity contribution in [3.8, 4) is 12.3 Å². The van der Waals surface area contributed by atoms with E-state index in [1.165, 1.54) is 4.68 Å². The van der Waals surface area contributed by atoms with E-state index in [-0.39, 0.29) is 11.9 Å². The number of aromatic nitrogens is 2. The fraction of sp³-hybridized carbons (Fsp3) is 0.538. The number of nitrogens with two attached hydrogens (primary N) is 1. The average molecular weight is 248 g/mol. The van der Waals surface area contributed by atoms with Crippen LogP contribution in [0.1, 0.15) is 42.9 Å². The molecule has 1 unspecified atom stereocenters. The summed E-state index contributed by atoms with van der Waals surface area (Å²) in [6, 6.07) is -0.0260. The van der Waals surface area contributed by atoms with Gasteiger partial charge in [-0.15, -0.1) is 12.3 Å². The molecule has 1 atom stereocenters. The van der Waals surface area contributed by atoms with Crippen molar-refractivity contribution < 1.29 is 4.79 Å². The molecular weight excluding hydrogens is 228 g/mol. The maximum atomic E-state index is 12.1. The van der Waals surface area contributed by atoms with E-state index in [0.717, 1.165) is 12.1 Å². The Labute approximate surface area is 108 Å². The molecule has 0 spiro atoms. The molecule has 1 aromatic rings. The monoisotopic (exact) mass is 248 g/mol. The lowest BCUT2D eigenvalue weighted by molar-refractivity contribution is 0.0928. The van der Waals surface area contributed by atoms with E-state index in [1.807, 2.05) is 13.8 Å².